The largest absolute Gasteiger partial charge is 0.478 e. The lowest BCUT2D eigenvalue weighted by molar-refractivity contribution is 0.182. The van der Waals surface area contributed by atoms with Gasteiger partial charge in [0.25, 0.3) is 5.88 Å². The Morgan fingerprint density at radius 3 is 3.00 bits per heavy atom. The third-order valence-corrected chi connectivity index (χ3v) is 1.14. The molecule has 0 bridgehead atoms. The molecule has 0 aliphatic heterocycles. The molecule has 6 heteroatoms. The summed E-state index contributed by atoms with van der Waals surface area (Å²) < 4.78 is 21.0. The van der Waals surface area contributed by atoms with Crippen molar-refractivity contribution in [2.45, 2.75) is 0 Å². The fraction of sp³-hybridized carbons (Fsp3) is 0.333. The first-order chi connectivity index (χ1) is 5.77. The minimum absolute atomic E-state index is 0.0538. The summed E-state index contributed by atoms with van der Waals surface area (Å²) in [4.78, 5) is 7.26. The van der Waals surface area contributed by atoms with E-state index in [1.165, 1.54) is 13.3 Å². The number of ether oxygens (including phenoxy) is 2. The quantitative estimate of drug-likeness (QED) is 0.715. The third kappa shape index (κ3) is 1.71. The molecule has 0 aliphatic rings. The highest BCUT2D eigenvalue weighted by atomic mass is 19.1. The van der Waals surface area contributed by atoms with Crippen LogP contribution in [-0.4, -0.2) is 23.9 Å². The lowest BCUT2D eigenvalue weighted by Crippen LogP contribution is -2.01. The van der Waals surface area contributed by atoms with Crippen LogP contribution in [0.1, 0.15) is 0 Å². The Morgan fingerprint density at radius 2 is 2.42 bits per heavy atom. The molecule has 0 saturated carbocycles. The second-order valence-corrected chi connectivity index (χ2v) is 1.86. The van der Waals surface area contributed by atoms with Crippen LogP contribution in [0, 0.1) is 0 Å². The van der Waals surface area contributed by atoms with Crippen LogP contribution < -0.4 is 15.2 Å². The first-order valence-corrected chi connectivity index (χ1v) is 3.13. The number of anilines is 1. The van der Waals surface area contributed by atoms with Gasteiger partial charge in [0.2, 0.25) is 18.6 Å². The number of hydrogen-bond acceptors (Lipinski definition) is 5. The van der Waals surface area contributed by atoms with Gasteiger partial charge in [-0.3, -0.25) is 0 Å². The normalized spacial score (nSPS) is 9.50. The van der Waals surface area contributed by atoms with Crippen LogP contribution in [0.15, 0.2) is 6.20 Å². The molecule has 1 aromatic rings. The van der Waals surface area contributed by atoms with E-state index in [9.17, 15) is 4.39 Å². The molecule has 0 atom stereocenters. The number of hydrogen-bond donors (Lipinski definition) is 1. The zero-order chi connectivity index (χ0) is 8.97. The SMILES string of the molecule is COc1nc(N)ncc1OCF. The van der Waals surface area contributed by atoms with Gasteiger partial charge in [-0.25, -0.2) is 9.37 Å². The van der Waals surface area contributed by atoms with Crippen molar-refractivity contribution in [3.05, 3.63) is 6.20 Å². The van der Waals surface area contributed by atoms with Gasteiger partial charge in [0.15, 0.2) is 0 Å². The van der Waals surface area contributed by atoms with Crippen LogP contribution in [0.5, 0.6) is 11.6 Å². The molecule has 12 heavy (non-hydrogen) atoms. The maximum Gasteiger partial charge on any atom is 0.261 e. The standard InChI is InChI=1S/C6H8FN3O2/c1-11-5-4(12-3-7)2-9-6(8)10-5/h2H,3H2,1H3,(H2,8,9,10). The van der Waals surface area contributed by atoms with Gasteiger partial charge < -0.3 is 15.2 Å². The number of nitrogens with zero attached hydrogens (tertiary/aromatic N) is 2. The van der Waals surface area contributed by atoms with Gasteiger partial charge in [-0.05, 0) is 0 Å². The van der Waals surface area contributed by atoms with Crippen molar-refractivity contribution in [3.8, 4) is 11.6 Å². The van der Waals surface area contributed by atoms with E-state index in [-0.39, 0.29) is 17.6 Å². The maximum atomic E-state index is 11.7. The fourth-order valence-corrected chi connectivity index (χ4v) is 0.672. The van der Waals surface area contributed by atoms with Crippen molar-refractivity contribution in [2.24, 2.45) is 0 Å². The van der Waals surface area contributed by atoms with Gasteiger partial charge in [-0.2, -0.15) is 4.98 Å². The molecule has 1 heterocycles. The van der Waals surface area contributed by atoms with Gasteiger partial charge in [0.1, 0.15) is 0 Å². The van der Waals surface area contributed by atoms with E-state index in [0.717, 1.165) is 0 Å². The lowest BCUT2D eigenvalue weighted by atomic mass is 10.5. The topological polar surface area (TPSA) is 70.3 Å². The predicted molar refractivity (Wildman–Crippen MR) is 39.6 cm³/mol. The second-order valence-electron chi connectivity index (χ2n) is 1.86. The lowest BCUT2D eigenvalue weighted by Gasteiger charge is -2.05. The van der Waals surface area contributed by atoms with Crippen molar-refractivity contribution < 1.29 is 13.9 Å². The van der Waals surface area contributed by atoms with Crippen molar-refractivity contribution in [2.75, 3.05) is 19.7 Å². The van der Waals surface area contributed by atoms with Crippen molar-refractivity contribution in [1.29, 1.82) is 0 Å². The monoisotopic (exact) mass is 173 g/mol. The summed E-state index contributed by atoms with van der Waals surface area (Å²) in [5.41, 5.74) is 5.25. The van der Waals surface area contributed by atoms with E-state index in [1.807, 2.05) is 0 Å². The number of methoxy groups -OCH3 is 1. The van der Waals surface area contributed by atoms with E-state index in [1.54, 1.807) is 0 Å². The highest BCUT2D eigenvalue weighted by Crippen LogP contribution is 2.23. The summed E-state index contributed by atoms with van der Waals surface area (Å²) >= 11 is 0. The molecule has 0 spiro atoms. The summed E-state index contributed by atoms with van der Waals surface area (Å²) in [6.07, 6.45) is 1.25. The second kappa shape index (κ2) is 3.70. The Bertz CT molecular complexity index is 269. The summed E-state index contributed by atoms with van der Waals surface area (Å²) in [6, 6.07) is 0. The van der Waals surface area contributed by atoms with Crippen molar-refractivity contribution in [3.63, 3.8) is 0 Å². The molecule has 1 aromatic heterocycles. The molecule has 0 aromatic carbocycles. The Morgan fingerprint density at radius 1 is 1.67 bits per heavy atom. The molecule has 0 saturated heterocycles. The zero-order valence-corrected chi connectivity index (χ0v) is 6.45. The van der Waals surface area contributed by atoms with Crippen LogP contribution in [-0.2, 0) is 0 Å². The van der Waals surface area contributed by atoms with Crippen LogP contribution >= 0.6 is 0 Å². The van der Waals surface area contributed by atoms with E-state index in [4.69, 9.17) is 10.5 Å². The summed E-state index contributed by atoms with van der Waals surface area (Å²) in [5, 5.41) is 0. The predicted octanol–water partition coefficient (Wildman–Crippen LogP) is 0.373. The summed E-state index contributed by atoms with van der Waals surface area (Å²) in [5.74, 6) is 0.312. The number of nitrogens with two attached hydrogens (primary N) is 1. The van der Waals surface area contributed by atoms with Gasteiger partial charge in [0.05, 0.1) is 13.3 Å². The molecular formula is C6H8FN3O2. The molecule has 5 nitrogen and oxygen atoms in total. The van der Waals surface area contributed by atoms with Crippen LogP contribution in [0.2, 0.25) is 0 Å². The average Bonchev–Trinajstić information content (AvgIpc) is 2.08. The number of aromatic nitrogens is 2. The van der Waals surface area contributed by atoms with Crippen LogP contribution in [0.3, 0.4) is 0 Å². The molecule has 2 N–H and O–H groups in total. The summed E-state index contributed by atoms with van der Waals surface area (Å²) in [6.45, 7) is -0.955. The minimum Gasteiger partial charge on any atom is -0.478 e. The molecule has 0 aliphatic carbocycles. The smallest absolute Gasteiger partial charge is 0.261 e. The molecule has 0 amide bonds. The average molecular weight is 173 g/mol. The highest BCUT2D eigenvalue weighted by molar-refractivity contribution is 5.35. The highest BCUT2D eigenvalue weighted by Gasteiger charge is 2.06. The molecular weight excluding hydrogens is 165 g/mol. The molecule has 0 fully saturated rings. The Labute approximate surface area is 68.3 Å². The maximum absolute atomic E-state index is 11.7. The van der Waals surface area contributed by atoms with E-state index >= 15 is 0 Å². The van der Waals surface area contributed by atoms with E-state index in [2.05, 4.69) is 14.7 Å². The number of alkyl halides is 1. The van der Waals surface area contributed by atoms with E-state index < -0.39 is 6.86 Å². The fourth-order valence-electron chi connectivity index (χ4n) is 0.672. The van der Waals surface area contributed by atoms with Crippen LogP contribution in [0.25, 0.3) is 0 Å². The Hall–Kier alpha value is -1.59. The van der Waals surface area contributed by atoms with Gasteiger partial charge in [-0.15, -0.1) is 0 Å². The first-order valence-electron chi connectivity index (χ1n) is 3.13. The van der Waals surface area contributed by atoms with Gasteiger partial charge in [-0.1, -0.05) is 0 Å². The molecule has 0 unspecified atom stereocenters. The molecule has 0 radical (unpaired) electrons. The third-order valence-electron chi connectivity index (χ3n) is 1.14. The molecule has 66 valence electrons. The first kappa shape index (κ1) is 8.51. The Balaban J connectivity index is 2.94. The van der Waals surface area contributed by atoms with Gasteiger partial charge in [0, 0.05) is 0 Å². The van der Waals surface area contributed by atoms with E-state index in [0.29, 0.717) is 0 Å². The number of rotatable bonds is 3. The number of nitrogen functional groups attached to an aromatic ring is 1. The minimum atomic E-state index is -0.955. The summed E-state index contributed by atoms with van der Waals surface area (Å²) in [7, 11) is 1.38. The number of halogens is 1. The Kier molecular flexibility index (Phi) is 2.62. The van der Waals surface area contributed by atoms with Crippen molar-refractivity contribution >= 4 is 5.95 Å². The molecule has 1 rings (SSSR count). The van der Waals surface area contributed by atoms with Gasteiger partial charge >= 0.3 is 0 Å². The zero-order valence-electron chi connectivity index (χ0n) is 6.45. The van der Waals surface area contributed by atoms with Crippen LogP contribution in [0.4, 0.5) is 10.3 Å². The van der Waals surface area contributed by atoms with Crippen molar-refractivity contribution in [1.82, 2.24) is 9.97 Å².